The van der Waals surface area contributed by atoms with E-state index in [1.807, 2.05) is 13.0 Å². The number of amides is 1. The van der Waals surface area contributed by atoms with Gasteiger partial charge in [0.25, 0.3) is 11.6 Å². The molecule has 0 fully saturated rings. The molecule has 0 heterocycles. The SMILES string of the molecule is CCN(C(=O)[C@@H](C)OC(=O)c1cc([N+](=O)[O-])ccc1OC)c1ccccc1. The molecule has 0 aromatic heterocycles. The molecule has 27 heavy (non-hydrogen) atoms. The van der Waals surface area contributed by atoms with Crippen LogP contribution >= 0.6 is 0 Å². The third kappa shape index (κ3) is 4.60. The molecule has 0 saturated heterocycles. The number of carbonyl (C=O) groups is 2. The molecule has 2 aromatic carbocycles. The van der Waals surface area contributed by atoms with Crippen molar-refractivity contribution in [3.8, 4) is 5.75 Å². The molecule has 0 spiro atoms. The van der Waals surface area contributed by atoms with E-state index in [4.69, 9.17) is 9.47 Å². The zero-order chi connectivity index (χ0) is 20.0. The third-order valence-electron chi connectivity index (χ3n) is 3.90. The van der Waals surface area contributed by atoms with Crippen molar-refractivity contribution in [2.24, 2.45) is 0 Å². The zero-order valence-electron chi connectivity index (χ0n) is 15.2. The highest BCUT2D eigenvalue weighted by molar-refractivity contribution is 5.99. The molecule has 8 heteroatoms. The van der Waals surface area contributed by atoms with Gasteiger partial charge >= 0.3 is 5.97 Å². The third-order valence-corrected chi connectivity index (χ3v) is 3.90. The van der Waals surface area contributed by atoms with E-state index in [2.05, 4.69) is 0 Å². The van der Waals surface area contributed by atoms with Gasteiger partial charge in [0.2, 0.25) is 0 Å². The van der Waals surface area contributed by atoms with Gasteiger partial charge in [-0.05, 0) is 32.0 Å². The average Bonchev–Trinajstić information content (AvgIpc) is 2.68. The minimum absolute atomic E-state index is 0.117. The number of hydrogen-bond donors (Lipinski definition) is 0. The summed E-state index contributed by atoms with van der Waals surface area (Å²) in [5, 5.41) is 10.9. The summed E-state index contributed by atoms with van der Waals surface area (Å²) in [6, 6.07) is 12.6. The van der Waals surface area contributed by atoms with Crippen LogP contribution < -0.4 is 9.64 Å². The first-order valence-electron chi connectivity index (χ1n) is 8.28. The van der Waals surface area contributed by atoms with Crippen LogP contribution in [0.3, 0.4) is 0 Å². The zero-order valence-corrected chi connectivity index (χ0v) is 15.2. The lowest BCUT2D eigenvalue weighted by molar-refractivity contribution is -0.384. The number of nitro groups is 1. The van der Waals surface area contributed by atoms with Crippen LogP contribution in [0.2, 0.25) is 0 Å². The Labute approximate surface area is 156 Å². The van der Waals surface area contributed by atoms with Gasteiger partial charge in [-0.2, -0.15) is 0 Å². The lowest BCUT2D eigenvalue weighted by atomic mass is 10.1. The van der Waals surface area contributed by atoms with Crippen LogP contribution in [0.5, 0.6) is 5.75 Å². The fourth-order valence-electron chi connectivity index (χ4n) is 2.54. The van der Waals surface area contributed by atoms with Gasteiger partial charge in [0.1, 0.15) is 11.3 Å². The van der Waals surface area contributed by atoms with Gasteiger partial charge in [-0.1, -0.05) is 18.2 Å². The predicted molar refractivity (Wildman–Crippen MR) is 99.0 cm³/mol. The second kappa shape index (κ2) is 8.79. The van der Waals surface area contributed by atoms with Crippen LogP contribution in [0.25, 0.3) is 0 Å². The first-order chi connectivity index (χ1) is 12.9. The Kier molecular flexibility index (Phi) is 6.48. The van der Waals surface area contributed by atoms with Gasteiger partial charge in [0.05, 0.1) is 12.0 Å². The highest BCUT2D eigenvalue weighted by atomic mass is 16.6. The number of anilines is 1. The Balaban J connectivity index is 2.20. The largest absolute Gasteiger partial charge is 0.496 e. The number of non-ortho nitro benzene ring substituents is 1. The van der Waals surface area contributed by atoms with E-state index in [0.717, 1.165) is 6.07 Å². The summed E-state index contributed by atoms with van der Waals surface area (Å²) < 4.78 is 10.3. The molecule has 2 rings (SSSR count). The van der Waals surface area contributed by atoms with Crippen LogP contribution in [0, 0.1) is 10.1 Å². The summed E-state index contributed by atoms with van der Waals surface area (Å²) in [6.45, 7) is 3.66. The number of carbonyl (C=O) groups excluding carboxylic acids is 2. The number of likely N-dealkylation sites (N-methyl/N-ethyl adjacent to an activating group) is 1. The number of hydrogen-bond acceptors (Lipinski definition) is 6. The number of nitro benzene ring substituents is 1. The molecule has 0 aliphatic rings. The summed E-state index contributed by atoms with van der Waals surface area (Å²) in [7, 11) is 1.33. The Morgan fingerprint density at radius 3 is 2.41 bits per heavy atom. The summed E-state index contributed by atoms with van der Waals surface area (Å²) in [6.07, 6.45) is -1.08. The van der Waals surface area contributed by atoms with Crippen molar-refractivity contribution in [2.45, 2.75) is 20.0 Å². The Hall–Kier alpha value is -3.42. The fourth-order valence-corrected chi connectivity index (χ4v) is 2.54. The second-order valence-corrected chi connectivity index (χ2v) is 5.61. The van der Waals surface area contributed by atoms with Crippen LogP contribution in [0.1, 0.15) is 24.2 Å². The van der Waals surface area contributed by atoms with E-state index >= 15 is 0 Å². The first kappa shape index (κ1) is 19.9. The Morgan fingerprint density at radius 2 is 1.85 bits per heavy atom. The molecule has 1 amide bonds. The van der Waals surface area contributed by atoms with Crippen molar-refractivity contribution in [3.63, 3.8) is 0 Å². The number of benzene rings is 2. The number of nitrogens with zero attached hydrogens (tertiary/aromatic N) is 2. The molecule has 0 radical (unpaired) electrons. The topological polar surface area (TPSA) is 99.0 Å². The molecule has 8 nitrogen and oxygen atoms in total. The maximum absolute atomic E-state index is 12.7. The average molecular weight is 372 g/mol. The number of ether oxygens (including phenoxy) is 2. The van der Waals surface area contributed by atoms with Gasteiger partial charge in [0, 0.05) is 24.4 Å². The van der Waals surface area contributed by atoms with Crippen LogP contribution in [-0.2, 0) is 9.53 Å². The van der Waals surface area contributed by atoms with E-state index in [1.165, 1.54) is 31.1 Å². The molecule has 2 aromatic rings. The van der Waals surface area contributed by atoms with Crippen molar-refractivity contribution in [1.82, 2.24) is 0 Å². The van der Waals surface area contributed by atoms with Gasteiger partial charge in [-0.15, -0.1) is 0 Å². The Bertz CT molecular complexity index is 837. The van der Waals surface area contributed by atoms with Crippen LogP contribution in [0.15, 0.2) is 48.5 Å². The van der Waals surface area contributed by atoms with E-state index in [1.54, 1.807) is 24.3 Å². The molecular weight excluding hydrogens is 352 g/mol. The quantitative estimate of drug-likeness (QED) is 0.420. The molecule has 0 unspecified atom stereocenters. The van der Waals surface area contributed by atoms with Crippen LogP contribution in [0.4, 0.5) is 11.4 Å². The minimum atomic E-state index is -1.08. The first-order valence-corrected chi connectivity index (χ1v) is 8.28. The van der Waals surface area contributed by atoms with Gasteiger partial charge in [0.15, 0.2) is 6.10 Å². The summed E-state index contributed by atoms with van der Waals surface area (Å²) >= 11 is 0. The Morgan fingerprint density at radius 1 is 1.19 bits per heavy atom. The van der Waals surface area contributed by atoms with Crippen LogP contribution in [-0.4, -0.2) is 36.6 Å². The molecule has 0 N–H and O–H groups in total. The highest BCUT2D eigenvalue weighted by Gasteiger charge is 2.27. The van der Waals surface area contributed by atoms with Gasteiger partial charge < -0.3 is 14.4 Å². The number of rotatable bonds is 7. The maximum atomic E-state index is 12.7. The molecule has 0 bridgehead atoms. The summed E-state index contributed by atoms with van der Waals surface area (Å²) in [5.74, 6) is -1.15. The van der Waals surface area contributed by atoms with Crippen molar-refractivity contribution in [2.75, 3.05) is 18.6 Å². The molecular formula is C19H20N2O6. The maximum Gasteiger partial charge on any atom is 0.342 e. The van der Waals surface area contributed by atoms with Gasteiger partial charge in [-0.3, -0.25) is 14.9 Å². The smallest absolute Gasteiger partial charge is 0.342 e. The van der Waals surface area contributed by atoms with E-state index in [9.17, 15) is 19.7 Å². The molecule has 142 valence electrons. The monoisotopic (exact) mass is 372 g/mol. The lowest BCUT2D eigenvalue weighted by Gasteiger charge is -2.24. The normalized spacial score (nSPS) is 11.4. The second-order valence-electron chi connectivity index (χ2n) is 5.61. The fraction of sp³-hybridized carbons (Fsp3) is 0.263. The minimum Gasteiger partial charge on any atom is -0.496 e. The summed E-state index contributed by atoms with van der Waals surface area (Å²) in [5.41, 5.74) is 0.288. The highest BCUT2D eigenvalue weighted by Crippen LogP contribution is 2.25. The predicted octanol–water partition coefficient (Wildman–Crippen LogP) is 3.20. The van der Waals surface area contributed by atoms with Crippen molar-refractivity contribution in [1.29, 1.82) is 0 Å². The number of para-hydroxylation sites is 1. The molecule has 1 atom stereocenters. The van der Waals surface area contributed by atoms with Crippen molar-refractivity contribution in [3.05, 3.63) is 64.2 Å². The van der Waals surface area contributed by atoms with Crippen molar-refractivity contribution >= 4 is 23.3 Å². The standard InChI is InChI=1S/C19H20N2O6/c1-4-20(14-8-6-5-7-9-14)18(22)13(2)27-19(23)16-12-15(21(24)25)10-11-17(16)26-3/h5-13H,4H2,1-3H3/t13-/m1/s1. The molecule has 0 aliphatic heterocycles. The van der Waals surface area contributed by atoms with Gasteiger partial charge in [-0.25, -0.2) is 4.79 Å². The van der Waals surface area contributed by atoms with E-state index in [0.29, 0.717) is 12.2 Å². The van der Waals surface area contributed by atoms with E-state index < -0.39 is 22.9 Å². The molecule has 0 saturated carbocycles. The number of methoxy groups -OCH3 is 1. The summed E-state index contributed by atoms with van der Waals surface area (Å²) in [4.78, 5) is 37.0. The molecule has 0 aliphatic carbocycles. The van der Waals surface area contributed by atoms with E-state index in [-0.39, 0.29) is 17.0 Å². The lowest BCUT2D eigenvalue weighted by Crippen LogP contribution is -2.40. The number of esters is 1. The van der Waals surface area contributed by atoms with Crippen molar-refractivity contribution < 1.29 is 24.0 Å².